The van der Waals surface area contributed by atoms with E-state index in [9.17, 15) is 28.8 Å². The van der Waals surface area contributed by atoms with E-state index in [1.54, 1.807) is 87.3 Å². The van der Waals surface area contributed by atoms with Crippen LogP contribution in [-0.4, -0.2) is 288 Å². The number of benzene rings is 4. The number of carbonyl (C=O) groups is 6. The fourth-order valence-corrected chi connectivity index (χ4v) is 16.5. The lowest BCUT2D eigenvalue weighted by Gasteiger charge is -2.36. The van der Waals surface area contributed by atoms with Gasteiger partial charge in [0.2, 0.25) is 35.6 Å². The summed E-state index contributed by atoms with van der Waals surface area (Å²) >= 11 is 0. The fraction of sp³-hybridized carbons (Fsp3) is 0.365. The molecule has 4 aromatic carbocycles. The first-order valence-corrected chi connectivity index (χ1v) is 43.3. The van der Waals surface area contributed by atoms with Gasteiger partial charge in [-0.3, -0.25) is 38.9 Å². The number of rotatable bonds is 30. The van der Waals surface area contributed by atoms with Gasteiger partial charge in [-0.05, 0) is 166 Å². The van der Waals surface area contributed by atoms with Crippen molar-refractivity contribution in [3.05, 3.63) is 249 Å². The van der Waals surface area contributed by atoms with Crippen LogP contribution in [0.2, 0.25) is 0 Å². The molecule has 0 saturated carbocycles. The number of nitrogens with zero attached hydrogens (tertiary/aromatic N) is 16. The number of anilines is 9. The molecule has 3 fully saturated rings. The van der Waals surface area contributed by atoms with E-state index in [0.29, 0.717) is 92.4 Å². The second kappa shape index (κ2) is 43.1. The third kappa shape index (κ3) is 22.4. The van der Waals surface area contributed by atoms with Gasteiger partial charge in [-0.1, -0.05) is 73.7 Å². The number of Topliss-reactive ketones (excluding diaryl/α,β-unsaturated/α-hetero) is 1. The van der Waals surface area contributed by atoms with Gasteiger partial charge in [-0.15, -0.1) is 0 Å². The number of ketones is 1. The molecule has 10 aromatic rings. The number of nitrogens with one attached hydrogen (secondary N) is 6. The highest BCUT2D eigenvalue weighted by Gasteiger charge is 2.35. The van der Waals surface area contributed by atoms with Gasteiger partial charge in [0.25, 0.3) is 0 Å². The highest BCUT2D eigenvalue weighted by Crippen LogP contribution is 2.42. The quantitative estimate of drug-likeness (QED) is 0.0228. The Morgan fingerprint density at radius 2 is 0.837 bits per heavy atom. The summed E-state index contributed by atoms with van der Waals surface area (Å²) in [5.74, 6) is 0.286. The number of allylic oxidation sites excluding steroid dienone is 3. The summed E-state index contributed by atoms with van der Waals surface area (Å²) in [7, 11) is 13.9. The number of hydrogen-bond acceptors (Lipinski definition) is 29. The molecule has 6 N–H and O–H groups in total. The molecular formula is C96H112N22O11. The monoisotopic (exact) mass is 1750 g/mol. The zero-order chi connectivity index (χ0) is 90.8. The van der Waals surface area contributed by atoms with Crippen LogP contribution in [0.4, 0.5) is 52.0 Å². The predicted molar refractivity (Wildman–Crippen MR) is 496 cm³/mol. The molecule has 3 aliphatic carbocycles. The number of ether oxygens (including phenoxy) is 5. The summed E-state index contributed by atoms with van der Waals surface area (Å²) in [5.41, 5.74) is 20.9. The van der Waals surface area contributed by atoms with Crippen LogP contribution in [-0.2, 0) is 68.5 Å². The van der Waals surface area contributed by atoms with Crippen LogP contribution in [0.25, 0.3) is 22.4 Å². The van der Waals surface area contributed by atoms with Crippen LogP contribution in [0.15, 0.2) is 165 Å². The van der Waals surface area contributed by atoms with Gasteiger partial charge in [0, 0.05) is 183 Å². The van der Waals surface area contributed by atoms with Crippen molar-refractivity contribution in [2.75, 3.05) is 187 Å². The van der Waals surface area contributed by atoms with Gasteiger partial charge in [0.05, 0.1) is 92.3 Å². The van der Waals surface area contributed by atoms with Gasteiger partial charge in [-0.2, -0.15) is 5.10 Å². The van der Waals surface area contributed by atoms with Crippen molar-refractivity contribution in [1.82, 2.24) is 79.1 Å². The van der Waals surface area contributed by atoms with Crippen molar-refractivity contribution in [2.45, 2.75) is 77.9 Å². The molecule has 3 atom stereocenters. The first kappa shape index (κ1) is 92.1. The van der Waals surface area contributed by atoms with Crippen LogP contribution in [0, 0.1) is 20.8 Å². The molecule has 129 heavy (non-hydrogen) atoms. The minimum absolute atomic E-state index is 0.0494. The summed E-state index contributed by atoms with van der Waals surface area (Å²) in [6.07, 6.45) is 21.3. The lowest BCUT2D eigenvalue weighted by molar-refractivity contribution is -0.124. The lowest BCUT2D eigenvalue weighted by Crippen LogP contribution is -2.54. The molecule has 6 aromatic heterocycles. The average molecular weight is 1750 g/mol. The van der Waals surface area contributed by atoms with Crippen molar-refractivity contribution >= 4 is 104 Å². The second-order valence-corrected chi connectivity index (χ2v) is 32.6. The molecular weight excluding hydrogens is 1640 g/mol. The number of aromatic nitrogens is 10. The van der Waals surface area contributed by atoms with E-state index < -0.39 is 11.9 Å². The van der Waals surface area contributed by atoms with Gasteiger partial charge >= 0.3 is 11.9 Å². The largest absolute Gasteiger partial charge is 0.465 e. The van der Waals surface area contributed by atoms with Crippen molar-refractivity contribution in [1.29, 1.82) is 0 Å². The van der Waals surface area contributed by atoms with Crippen LogP contribution in [0.1, 0.15) is 107 Å². The number of pyridine rings is 2. The van der Waals surface area contributed by atoms with Gasteiger partial charge in [-0.25, -0.2) is 49.2 Å². The van der Waals surface area contributed by atoms with E-state index >= 15 is 0 Å². The standard InChI is InChI=1S/C34H38N8O4.C32H39N7O3.C30H35N7O4/c1-22-18-35-34(37-23-19-36-42(20-23)29-11-6-5-8-27(29)33(44)46-4)39-31(22)26-13-12-25-24(26)9-7-10-28(25)38-32(43)30(21-45-3)41-16-14-40(2)15-17-41;1-5-24(40)17-22-9-10-23(19-33-22)35-32-34-18-21(2)30(37-32)27-12-11-26-25(27)7-6-8-28(26)36-31(41)29(20-42-4)39-15-13-38(3)14-16-39;1-19-17-32-30(33-20-10-11-31-25(16-20)29(39)41-4)35-27(19)23-9-8-22-21(23)6-5-7-24(22)34-28(38)26(18-40-3)37-14-12-36(2)13-15-37/h5-11,13,18-20,30H,12,14-17,21H2,1-4H3,(H,38,43)(H,35,37,39);6-10,12,18-19,29H,5,11,13-17,20H2,1-4H3,(H,36,41)(H,34,35,37);5-7,9-11,16-17,26H,8,12-15,18H2,1-4H3,(H,34,38)(H,31,32,33,35)/t30-;29-;26-/m111/s1. The molecule has 6 aliphatic rings. The normalized spacial score (nSPS) is 15.9. The lowest BCUT2D eigenvalue weighted by atomic mass is 9.99. The van der Waals surface area contributed by atoms with Crippen molar-refractivity contribution < 1.29 is 52.5 Å². The Morgan fingerprint density at radius 3 is 1.23 bits per heavy atom. The Bertz CT molecular complexity index is 5820. The summed E-state index contributed by atoms with van der Waals surface area (Å²) in [6.45, 7) is 19.3. The number of piperazine rings is 3. The summed E-state index contributed by atoms with van der Waals surface area (Å²) < 4.78 is 27.6. The number of hydrogen-bond donors (Lipinski definition) is 6. The summed E-state index contributed by atoms with van der Waals surface area (Å²) in [4.78, 5) is 126. The van der Waals surface area contributed by atoms with Crippen LogP contribution >= 0.6 is 0 Å². The van der Waals surface area contributed by atoms with Crippen LogP contribution in [0.3, 0.4) is 0 Å². The number of fused-ring (bicyclic) bond motifs is 3. The number of methoxy groups -OCH3 is 5. The molecule has 0 spiro atoms. The number of para-hydroxylation sites is 1. The van der Waals surface area contributed by atoms with Gasteiger partial charge < -0.3 is 70.3 Å². The molecule has 0 radical (unpaired) electrons. The van der Waals surface area contributed by atoms with Crippen molar-refractivity contribution in [3.63, 3.8) is 0 Å². The SMILES string of the molecule is CCC(=O)Cc1ccc(Nc2ncc(C)c(C3=CCc4c(NC(=O)[C@@H](COC)N5CCN(C)CC5)cccc43)n2)cn1.COC[C@H](C(=O)Nc1cccc2c1CC=C2c1nc(Nc2ccnc(C(=O)OC)c2)ncc1C)N1CCN(C)CC1.COC[C@H](C(=O)Nc1cccc2c1CC=C2c1nc(Nc2cnn(-c3ccccc3C(=O)OC)c2)ncc1C)N1CCN(C)CC1. The van der Waals surface area contributed by atoms with E-state index in [1.165, 1.54) is 20.4 Å². The molecule has 672 valence electrons. The average Bonchev–Trinajstić information content (AvgIpc) is 1.55. The Hall–Kier alpha value is -13.1. The first-order chi connectivity index (χ1) is 62.6. The van der Waals surface area contributed by atoms with Crippen LogP contribution < -0.4 is 31.9 Å². The second-order valence-electron chi connectivity index (χ2n) is 32.6. The molecule has 16 rings (SSSR count). The Balaban J connectivity index is 0.000000157. The third-order valence-electron chi connectivity index (χ3n) is 23.9. The number of likely N-dealkylation sites (N-methyl/N-ethyl adjacent to an activating group) is 3. The number of amides is 3. The predicted octanol–water partition coefficient (Wildman–Crippen LogP) is 10.2. The summed E-state index contributed by atoms with van der Waals surface area (Å²) in [5, 5.41) is 23.7. The molecule has 3 amide bonds. The smallest absolute Gasteiger partial charge is 0.356 e. The number of esters is 2. The van der Waals surface area contributed by atoms with E-state index in [1.807, 2.05) is 88.5 Å². The van der Waals surface area contributed by atoms with Crippen molar-refractivity contribution in [2.24, 2.45) is 0 Å². The highest BCUT2D eigenvalue weighted by atomic mass is 16.5. The number of aryl methyl sites for hydroxylation is 3. The minimum Gasteiger partial charge on any atom is -0.465 e. The minimum atomic E-state index is -0.521. The fourth-order valence-electron chi connectivity index (χ4n) is 16.5. The van der Waals surface area contributed by atoms with E-state index in [4.69, 9.17) is 38.6 Å². The molecule has 33 heteroatoms. The maximum atomic E-state index is 13.5. The Labute approximate surface area is 751 Å². The number of carbonyl (C=O) groups excluding carboxylic acids is 6. The highest BCUT2D eigenvalue weighted by molar-refractivity contribution is 6.01. The molecule has 3 saturated heterocycles. The van der Waals surface area contributed by atoms with E-state index in [0.717, 1.165) is 191 Å². The van der Waals surface area contributed by atoms with Gasteiger partial charge in [0.1, 0.15) is 29.6 Å². The van der Waals surface area contributed by atoms with Gasteiger partial charge in [0.15, 0.2) is 0 Å². The molecule has 3 aliphatic heterocycles. The molecule has 33 nitrogen and oxygen atoms in total. The topological polar surface area (TPSA) is 361 Å². The summed E-state index contributed by atoms with van der Waals surface area (Å²) in [6, 6.07) is 31.0. The molecule has 0 bridgehead atoms. The zero-order valence-corrected chi connectivity index (χ0v) is 75.1. The third-order valence-corrected chi connectivity index (χ3v) is 23.9. The zero-order valence-electron chi connectivity index (χ0n) is 75.1. The Morgan fingerprint density at radius 1 is 0.426 bits per heavy atom. The maximum absolute atomic E-state index is 13.5. The van der Waals surface area contributed by atoms with E-state index in [2.05, 4.69) is 149 Å². The Kier molecular flexibility index (Phi) is 30.8. The van der Waals surface area contributed by atoms with Crippen LogP contribution in [0.5, 0.6) is 0 Å². The van der Waals surface area contributed by atoms with E-state index in [-0.39, 0.29) is 47.3 Å². The molecule has 0 unspecified atom stereocenters. The molecule has 9 heterocycles. The first-order valence-electron chi connectivity index (χ1n) is 43.3. The maximum Gasteiger partial charge on any atom is 0.356 e. The van der Waals surface area contributed by atoms with Crippen molar-refractivity contribution in [3.8, 4) is 5.69 Å².